The zero-order valence-corrected chi connectivity index (χ0v) is 18.1. The summed E-state index contributed by atoms with van der Waals surface area (Å²) in [4.78, 5) is 35.0. The molecule has 0 saturated carbocycles. The molecule has 9 heteroatoms. The van der Waals surface area contributed by atoms with Crippen LogP contribution in [0, 0.1) is 17.2 Å². The van der Waals surface area contributed by atoms with Gasteiger partial charge in [0.2, 0.25) is 23.5 Å². The lowest BCUT2D eigenvalue weighted by atomic mass is 9.95. The van der Waals surface area contributed by atoms with Crippen molar-refractivity contribution in [2.24, 2.45) is 5.92 Å². The second-order valence-electron chi connectivity index (χ2n) is 8.07. The summed E-state index contributed by atoms with van der Waals surface area (Å²) in [6.45, 7) is 1.64. The van der Waals surface area contributed by atoms with Gasteiger partial charge in [0.05, 0.1) is 10.8 Å². The van der Waals surface area contributed by atoms with Gasteiger partial charge in [-0.2, -0.15) is 10.2 Å². The third-order valence-electron chi connectivity index (χ3n) is 6.08. The molecule has 1 atom stereocenters. The van der Waals surface area contributed by atoms with E-state index in [4.69, 9.17) is 9.78 Å². The molecule has 0 radical (unpaired) electrons. The molecule has 5 rings (SSSR count). The molecule has 162 valence electrons. The van der Waals surface area contributed by atoms with E-state index >= 15 is 0 Å². The van der Waals surface area contributed by atoms with Gasteiger partial charge in [-0.1, -0.05) is 23.4 Å². The molecule has 1 aromatic carbocycles. The summed E-state index contributed by atoms with van der Waals surface area (Å²) >= 11 is 1.33. The first kappa shape index (κ1) is 20.4. The fraction of sp³-hybridized carbons (Fsp3) is 0.348. The molecule has 4 heterocycles. The Bertz CT molecular complexity index is 1170. The molecule has 2 fully saturated rings. The SMILES string of the molecule is N#Cc1ccc(-c2noc(C3CCN(C(=O)[C@H]4CC(=O)N(c5ccccc5)C4)CC3)n2)s1. The molecule has 2 amide bonds. The van der Waals surface area contributed by atoms with Gasteiger partial charge in [-0.3, -0.25) is 9.59 Å². The molecular weight excluding hydrogens is 426 g/mol. The Morgan fingerprint density at radius 3 is 2.66 bits per heavy atom. The van der Waals surface area contributed by atoms with E-state index in [1.54, 1.807) is 11.0 Å². The summed E-state index contributed by atoms with van der Waals surface area (Å²) in [5, 5.41) is 13.0. The van der Waals surface area contributed by atoms with Crippen LogP contribution in [-0.2, 0) is 9.59 Å². The maximum atomic E-state index is 13.1. The number of nitriles is 1. The van der Waals surface area contributed by atoms with Crippen LogP contribution in [0.2, 0.25) is 0 Å². The predicted molar refractivity (Wildman–Crippen MR) is 118 cm³/mol. The van der Waals surface area contributed by atoms with E-state index in [-0.39, 0.29) is 30.1 Å². The fourth-order valence-electron chi connectivity index (χ4n) is 4.35. The molecule has 0 N–H and O–H groups in total. The van der Waals surface area contributed by atoms with Gasteiger partial charge in [-0.05, 0) is 37.1 Å². The van der Waals surface area contributed by atoms with Crippen molar-refractivity contribution in [2.75, 3.05) is 24.5 Å². The number of thiophene rings is 1. The van der Waals surface area contributed by atoms with Crippen LogP contribution in [0.4, 0.5) is 5.69 Å². The molecule has 0 unspecified atom stereocenters. The molecule has 2 aromatic heterocycles. The van der Waals surface area contributed by atoms with Gasteiger partial charge in [0.1, 0.15) is 10.9 Å². The quantitative estimate of drug-likeness (QED) is 0.607. The molecule has 0 spiro atoms. The number of hydrogen-bond donors (Lipinski definition) is 0. The van der Waals surface area contributed by atoms with Crippen LogP contribution in [-0.4, -0.2) is 46.5 Å². The van der Waals surface area contributed by atoms with E-state index in [0.29, 0.717) is 36.2 Å². The zero-order valence-electron chi connectivity index (χ0n) is 17.3. The minimum atomic E-state index is -0.303. The van der Waals surface area contributed by atoms with Crippen molar-refractivity contribution in [3.63, 3.8) is 0 Å². The smallest absolute Gasteiger partial charge is 0.230 e. The summed E-state index contributed by atoms with van der Waals surface area (Å²) < 4.78 is 5.48. The minimum Gasteiger partial charge on any atom is -0.342 e. The highest BCUT2D eigenvalue weighted by Gasteiger charge is 2.38. The Hall–Kier alpha value is -3.51. The van der Waals surface area contributed by atoms with Crippen molar-refractivity contribution in [3.05, 3.63) is 53.2 Å². The average molecular weight is 448 g/mol. The third kappa shape index (κ3) is 3.89. The summed E-state index contributed by atoms with van der Waals surface area (Å²) in [6, 6.07) is 15.2. The van der Waals surface area contributed by atoms with Crippen LogP contribution in [0.15, 0.2) is 47.0 Å². The molecule has 32 heavy (non-hydrogen) atoms. The first-order valence-corrected chi connectivity index (χ1v) is 11.4. The van der Waals surface area contributed by atoms with Crippen LogP contribution in [0.25, 0.3) is 10.7 Å². The van der Waals surface area contributed by atoms with Crippen LogP contribution in [0.5, 0.6) is 0 Å². The number of piperidine rings is 1. The number of para-hydroxylation sites is 1. The summed E-state index contributed by atoms with van der Waals surface area (Å²) in [5.41, 5.74) is 0.839. The van der Waals surface area contributed by atoms with Crippen LogP contribution >= 0.6 is 11.3 Å². The largest absolute Gasteiger partial charge is 0.342 e. The van der Waals surface area contributed by atoms with E-state index in [0.717, 1.165) is 23.4 Å². The van der Waals surface area contributed by atoms with Gasteiger partial charge in [0, 0.05) is 37.7 Å². The summed E-state index contributed by atoms with van der Waals surface area (Å²) in [7, 11) is 0. The van der Waals surface area contributed by atoms with E-state index < -0.39 is 0 Å². The number of carbonyl (C=O) groups is 2. The minimum absolute atomic E-state index is 0.00374. The Morgan fingerprint density at radius 2 is 1.94 bits per heavy atom. The van der Waals surface area contributed by atoms with Gasteiger partial charge in [-0.25, -0.2) is 0 Å². The maximum absolute atomic E-state index is 13.1. The second kappa shape index (κ2) is 8.55. The Morgan fingerprint density at radius 1 is 1.16 bits per heavy atom. The molecule has 3 aromatic rings. The number of aromatic nitrogens is 2. The lowest BCUT2D eigenvalue weighted by Crippen LogP contribution is -2.42. The van der Waals surface area contributed by atoms with E-state index in [1.807, 2.05) is 41.3 Å². The molecular formula is C23H21N5O3S. The fourth-order valence-corrected chi connectivity index (χ4v) is 5.08. The number of hydrogen-bond acceptors (Lipinski definition) is 7. The Kier molecular flexibility index (Phi) is 5.45. The number of amides is 2. The molecule has 0 bridgehead atoms. The third-order valence-corrected chi connectivity index (χ3v) is 7.06. The van der Waals surface area contributed by atoms with Crippen LogP contribution in [0.1, 0.15) is 35.9 Å². The topological polar surface area (TPSA) is 103 Å². The van der Waals surface area contributed by atoms with E-state index in [1.165, 1.54) is 11.3 Å². The molecule has 2 aliphatic rings. The summed E-state index contributed by atoms with van der Waals surface area (Å²) in [6.07, 6.45) is 1.74. The van der Waals surface area contributed by atoms with Crippen molar-refractivity contribution in [1.82, 2.24) is 15.0 Å². The lowest BCUT2D eigenvalue weighted by molar-refractivity contribution is -0.136. The van der Waals surface area contributed by atoms with Crippen molar-refractivity contribution in [2.45, 2.75) is 25.2 Å². The van der Waals surface area contributed by atoms with Crippen molar-refractivity contribution in [3.8, 4) is 16.8 Å². The first-order valence-electron chi connectivity index (χ1n) is 10.6. The van der Waals surface area contributed by atoms with Crippen LogP contribution < -0.4 is 4.90 Å². The van der Waals surface area contributed by atoms with Gasteiger partial charge in [0.25, 0.3) is 0 Å². The van der Waals surface area contributed by atoms with E-state index in [2.05, 4.69) is 16.2 Å². The van der Waals surface area contributed by atoms with E-state index in [9.17, 15) is 9.59 Å². The zero-order chi connectivity index (χ0) is 22.1. The lowest BCUT2D eigenvalue weighted by Gasteiger charge is -2.32. The monoisotopic (exact) mass is 447 g/mol. The van der Waals surface area contributed by atoms with Crippen molar-refractivity contribution >= 4 is 28.8 Å². The van der Waals surface area contributed by atoms with Crippen molar-refractivity contribution < 1.29 is 14.1 Å². The van der Waals surface area contributed by atoms with Crippen LogP contribution in [0.3, 0.4) is 0 Å². The number of carbonyl (C=O) groups excluding carboxylic acids is 2. The number of anilines is 1. The highest BCUT2D eigenvalue weighted by Crippen LogP contribution is 2.32. The molecule has 0 aliphatic carbocycles. The maximum Gasteiger partial charge on any atom is 0.230 e. The highest BCUT2D eigenvalue weighted by atomic mass is 32.1. The number of benzene rings is 1. The van der Waals surface area contributed by atoms with Gasteiger partial charge < -0.3 is 14.3 Å². The van der Waals surface area contributed by atoms with Gasteiger partial charge in [0.15, 0.2) is 0 Å². The standard InChI is InChI=1S/C23H21N5O3S/c24-13-18-6-7-19(32-18)21-25-22(31-26-21)15-8-10-27(11-9-15)23(30)16-12-20(29)28(14-16)17-4-2-1-3-5-17/h1-7,15-16H,8-12,14H2/t16-/m0/s1. The number of nitrogens with zero attached hydrogens (tertiary/aromatic N) is 5. The average Bonchev–Trinajstić information content (AvgIpc) is 3.58. The highest BCUT2D eigenvalue weighted by molar-refractivity contribution is 7.15. The van der Waals surface area contributed by atoms with Crippen molar-refractivity contribution in [1.29, 1.82) is 5.26 Å². The first-order chi connectivity index (χ1) is 15.6. The second-order valence-corrected chi connectivity index (χ2v) is 9.16. The molecule has 2 saturated heterocycles. The Labute approximate surface area is 189 Å². The normalized spacial score (nSPS) is 19.3. The molecule has 8 nitrogen and oxygen atoms in total. The number of likely N-dealkylation sites (tertiary alicyclic amines) is 1. The Balaban J connectivity index is 1.19. The van der Waals surface area contributed by atoms with Gasteiger partial charge >= 0.3 is 0 Å². The predicted octanol–water partition coefficient (Wildman–Crippen LogP) is 3.43. The summed E-state index contributed by atoms with van der Waals surface area (Å²) in [5.74, 6) is 0.907. The molecule has 2 aliphatic heterocycles. The number of rotatable bonds is 4. The van der Waals surface area contributed by atoms with Gasteiger partial charge in [-0.15, -0.1) is 11.3 Å².